The van der Waals surface area contributed by atoms with Crippen molar-refractivity contribution >= 4 is 17.3 Å². The molecule has 0 spiro atoms. The maximum atomic E-state index is 10.8. The van der Waals surface area contributed by atoms with Gasteiger partial charge in [-0.1, -0.05) is 17.7 Å². The number of hydrogen-bond acceptors (Lipinski definition) is 4. The summed E-state index contributed by atoms with van der Waals surface area (Å²) in [5, 5.41) is 14.5. The number of aromatic nitrogens is 1. The largest absolute Gasteiger partial charge is 0.306 e. The molecule has 5 nitrogen and oxygen atoms in total. The van der Waals surface area contributed by atoms with E-state index in [1.54, 1.807) is 18.5 Å². The van der Waals surface area contributed by atoms with Crippen LogP contribution in [0.15, 0.2) is 42.7 Å². The molecule has 1 heterocycles. The molecule has 1 atom stereocenters. The van der Waals surface area contributed by atoms with Crippen LogP contribution in [-0.4, -0.2) is 9.91 Å². The number of nitro groups is 1. The first-order chi connectivity index (χ1) is 9.58. The fraction of sp³-hybridized carbons (Fsp3) is 0.214. The van der Waals surface area contributed by atoms with E-state index in [0.717, 1.165) is 5.56 Å². The SMILES string of the molecule is C[C@H](NCc1cc([N+](=O)[O-])ccc1Cl)c1cccnc1. The highest BCUT2D eigenvalue weighted by molar-refractivity contribution is 6.31. The summed E-state index contributed by atoms with van der Waals surface area (Å²) in [5.41, 5.74) is 1.80. The lowest BCUT2D eigenvalue weighted by Gasteiger charge is -2.14. The van der Waals surface area contributed by atoms with Gasteiger partial charge in [0.05, 0.1) is 4.92 Å². The molecular weight excluding hydrogens is 278 g/mol. The molecule has 0 unspecified atom stereocenters. The normalized spacial score (nSPS) is 12.1. The van der Waals surface area contributed by atoms with Gasteiger partial charge in [0.15, 0.2) is 0 Å². The Kier molecular flexibility index (Phi) is 4.65. The molecule has 2 aromatic rings. The molecular formula is C14H14ClN3O2. The summed E-state index contributed by atoms with van der Waals surface area (Å²) >= 11 is 6.06. The first-order valence-corrected chi connectivity index (χ1v) is 6.52. The van der Waals surface area contributed by atoms with Gasteiger partial charge in [0.25, 0.3) is 5.69 Å². The van der Waals surface area contributed by atoms with Gasteiger partial charge < -0.3 is 5.32 Å². The highest BCUT2D eigenvalue weighted by Crippen LogP contribution is 2.22. The molecule has 0 aliphatic heterocycles. The smallest absolute Gasteiger partial charge is 0.269 e. The van der Waals surface area contributed by atoms with Crippen molar-refractivity contribution in [2.75, 3.05) is 0 Å². The lowest BCUT2D eigenvalue weighted by molar-refractivity contribution is -0.384. The third kappa shape index (κ3) is 3.53. The molecule has 1 aromatic carbocycles. The van der Waals surface area contributed by atoms with Gasteiger partial charge in [0.1, 0.15) is 0 Å². The number of hydrogen-bond donors (Lipinski definition) is 1. The van der Waals surface area contributed by atoms with E-state index in [2.05, 4.69) is 10.3 Å². The van der Waals surface area contributed by atoms with Crippen molar-refractivity contribution in [2.24, 2.45) is 0 Å². The fourth-order valence-corrected chi connectivity index (χ4v) is 2.01. The van der Waals surface area contributed by atoms with Crippen LogP contribution in [0, 0.1) is 10.1 Å². The summed E-state index contributed by atoms with van der Waals surface area (Å²) in [6, 6.07) is 8.36. The maximum Gasteiger partial charge on any atom is 0.269 e. The van der Waals surface area contributed by atoms with Crippen LogP contribution in [0.3, 0.4) is 0 Å². The summed E-state index contributed by atoms with van der Waals surface area (Å²) < 4.78 is 0. The molecule has 2 rings (SSSR count). The molecule has 0 saturated carbocycles. The molecule has 0 aliphatic rings. The number of halogens is 1. The zero-order chi connectivity index (χ0) is 14.5. The minimum atomic E-state index is -0.426. The maximum absolute atomic E-state index is 10.8. The molecule has 20 heavy (non-hydrogen) atoms. The molecule has 0 bridgehead atoms. The summed E-state index contributed by atoms with van der Waals surface area (Å²) in [5.74, 6) is 0. The number of non-ortho nitro benzene ring substituents is 1. The number of benzene rings is 1. The van der Waals surface area contributed by atoms with Crippen LogP contribution in [0.2, 0.25) is 5.02 Å². The Bertz CT molecular complexity index is 605. The van der Waals surface area contributed by atoms with Gasteiger partial charge in [0.2, 0.25) is 0 Å². The van der Waals surface area contributed by atoms with Crippen LogP contribution >= 0.6 is 11.6 Å². The van der Waals surface area contributed by atoms with Gasteiger partial charge in [-0.2, -0.15) is 0 Å². The van der Waals surface area contributed by atoms with Gasteiger partial charge in [-0.25, -0.2) is 0 Å². The van der Waals surface area contributed by atoms with Crippen LogP contribution in [-0.2, 0) is 6.54 Å². The molecule has 0 radical (unpaired) electrons. The lowest BCUT2D eigenvalue weighted by atomic mass is 10.1. The van der Waals surface area contributed by atoms with Crippen molar-refractivity contribution in [3.8, 4) is 0 Å². The lowest BCUT2D eigenvalue weighted by Crippen LogP contribution is -2.18. The molecule has 0 fully saturated rings. The van der Waals surface area contributed by atoms with Crippen LogP contribution in [0.25, 0.3) is 0 Å². The van der Waals surface area contributed by atoms with E-state index in [9.17, 15) is 10.1 Å². The Morgan fingerprint density at radius 2 is 2.25 bits per heavy atom. The first-order valence-electron chi connectivity index (χ1n) is 6.14. The first kappa shape index (κ1) is 14.4. The van der Waals surface area contributed by atoms with Gasteiger partial charge >= 0.3 is 0 Å². The Morgan fingerprint density at radius 3 is 2.90 bits per heavy atom. The molecule has 0 amide bonds. The second kappa shape index (κ2) is 6.45. The summed E-state index contributed by atoms with van der Waals surface area (Å²) in [6.07, 6.45) is 3.50. The average Bonchev–Trinajstić information content (AvgIpc) is 2.46. The third-order valence-corrected chi connectivity index (χ3v) is 3.39. The van der Waals surface area contributed by atoms with Crippen LogP contribution in [0.4, 0.5) is 5.69 Å². The van der Waals surface area contributed by atoms with Crippen LogP contribution < -0.4 is 5.32 Å². The van der Waals surface area contributed by atoms with E-state index in [1.807, 2.05) is 19.1 Å². The molecule has 1 aromatic heterocycles. The Morgan fingerprint density at radius 1 is 1.45 bits per heavy atom. The van der Waals surface area contributed by atoms with E-state index in [0.29, 0.717) is 17.1 Å². The van der Waals surface area contributed by atoms with E-state index in [4.69, 9.17) is 11.6 Å². The monoisotopic (exact) mass is 291 g/mol. The Balaban J connectivity index is 2.07. The predicted octanol–water partition coefficient (Wildman–Crippen LogP) is 3.49. The number of rotatable bonds is 5. The number of nitro benzene ring substituents is 1. The summed E-state index contributed by atoms with van der Waals surface area (Å²) in [6.45, 7) is 2.46. The molecule has 0 aliphatic carbocycles. The standard InChI is InChI=1S/C14H14ClN3O2/c1-10(11-3-2-6-16-8-11)17-9-12-7-13(18(19)20)4-5-14(12)15/h2-8,10,17H,9H2,1H3/t10-/m0/s1. The summed E-state index contributed by atoms with van der Waals surface area (Å²) in [7, 11) is 0. The van der Waals surface area contributed by atoms with E-state index in [1.165, 1.54) is 12.1 Å². The quantitative estimate of drug-likeness (QED) is 0.676. The van der Waals surface area contributed by atoms with Crippen molar-refractivity contribution in [1.29, 1.82) is 0 Å². The molecule has 0 saturated heterocycles. The van der Waals surface area contributed by atoms with Crippen molar-refractivity contribution in [2.45, 2.75) is 19.5 Å². The van der Waals surface area contributed by atoms with Crippen molar-refractivity contribution in [3.63, 3.8) is 0 Å². The van der Waals surface area contributed by atoms with Crippen molar-refractivity contribution < 1.29 is 4.92 Å². The average molecular weight is 292 g/mol. The van der Waals surface area contributed by atoms with Gasteiger partial charge in [-0.05, 0) is 30.2 Å². The van der Waals surface area contributed by atoms with E-state index >= 15 is 0 Å². The summed E-state index contributed by atoms with van der Waals surface area (Å²) in [4.78, 5) is 14.4. The minimum absolute atomic E-state index is 0.0419. The Hall–Kier alpha value is -1.98. The van der Waals surface area contributed by atoms with Gasteiger partial charge in [0, 0.05) is 42.1 Å². The van der Waals surface area contributed by atoms with Crippen LogP contribution in [0.1, 0.15) is 24.1 Å². The van der Waals surface area contributed by atoms with E-state index < -0.39 is 4.92 Å². The van der Waals surface area contributed by atoms with E-state index in [-0.39, 0.29) is 11.7 Å². The third-order valence-electron chi connectivity index (χ3n) is 3.02. The zero-order valence-corrected chi connectivity index (χ0v) is 11.7. The number of nitrogens with one attached hydrogen (secondary N) is 1. The van der Waals surface area contributed by atoms with Gasteiger partial charge in [-0.15, -0.1) is 0 Å². The second-order valence-corrected chi connectivity index (χ2v) is 4.83. The molecule has 104 valence electrons. The predicted molar refractivity (Wildman–Crippen MR) is 77.6 cm³/mol. The zero-order valence-electron chi connectivity index (χ0n) is 10.9. The fourth-order valence-electron chi connectivity index (χ4n) is 1.82. The number of pyridine rings is 1. The Labute approximate surface area is 121 Å². The molecule has 1 N–H and O–H groups in total. The highest BCUT2D eigenvalue weighted by atomic mass is 35.5. The van der Waals surface area contributed by atoms with Crippen LogP contribution in [0.5, 0.6) is 0 Å². The topological polar surface area (TPSA) is 68.1 Å². The second-order valence-electron chi connectivity index (χ2n) is 4.42. The minimum Gasteiger partial charge on any atom is -0.306 e. The van der Waals surface area contributed by atoms with Crippen molar-refractivity contribution in [1.82, 2.24) is 10.3 Å². The number of nitrogens with zero attached hydrogens (tertiary/aromatic N) is 2. The highest BCUT2D eigenvalue weighted by Gasteiger charge is 2.11. The van der Waals surface area contributed by atoms with Crippen molar-refractivity contribution in [3.05, 3.63) is 69.0 Å². The van der Waals surface area contributed by atoms with Gasteiger partial charge in [-0.3, -0.25) is 15.1 Å². The molecule has 6 heteroatoms.